The van der Waals surface area contributed by atoms with E-state index in [1.54, 1.807) is 0 Å². The van der Waals surface area contributed by atoms with E-state index in [0.717, 1.165) is 5.56 Å². The van der Waals surface area contributed by atoms with Gasteiger partial charge in [-0.1, -0.05) is 41.1 Å². The third kappa shape index (κ3) is 4.62. The molecule has 0 unspecified atom stereocenters. The van der Waals surface area contributed by atoms with E-state index < -0.39 is 11.1 Å². The van der Waals surface area contributed by atoms with Crippen molar-refractivity contribution in [1.82, 2.24) is 5.32 Å². The molecule has 1 aliphatic rings. The number of amides is 2. The maximum Gasteiger partial charge on any atom is 0.238 e. The fourth-order valence-corrected chi connectivity index (χ4v) is 3.46. The van der Waals surface area contributed by atoms with E-state index in [0.29, 0.717) is 16.5 Å². The number of benzene rings is 2. The van der Waals surface area contributed by atoms with Gasteiger partial charge in [-0.3, -0.25) is 9.59 Å². The molecule has 0 saturated carbocycles. The molecule has 1 saturated heterocycles. The summed E-state index contributed by atoms with van der Waals surface area (Å²) in [5, 5.41) is 4.95. The summed E-state index contributed by atoms with van der Waals surface area (Å²) in [6, 6.07) is 11.4. The number of amidine groups is 1. The Bertz CT molecular complexity index is 887. The predicted octanol–water partition coefficient (Wildman–Crippen LogP) is 4.04. The van der Waals surface area contributed by atoms with Crippen LogP contribution in [0.1, 0.15) is 12.0 Å². The molecule has 26 heavy (non-hydrogen) atoms. The van der Waals surface area contributed by atoms with Crippen molar-refractivity contribution < 1.29 is 14.0 Å². The summed E-state index contributed by atoms with van der Waals surface area (Å²) < 4.78 is 13.2. The van der Waals surface area contributed by atoms with Crippen molar-refractivity contribution in [3.63, 3.8) is 0 Å². The average Bonchev–Trinajstić information content (AvgIpc) is 2.60. The van der Waals surface area contributed by atoms with Crippen molar-refractivity contribution in [3.05, 3.63) is 58.9 Å². The number of carbonyl (C=O) groups excluding carboxylic acids is 2. The molecule has 0 bridgehead atoms. The zero-order valence-corrected chi connectivity index (χ0v) is 15.3. The fourth-order valence-electron chi connectivity index (χ4n) is 2.28. The van der Waals surface area contributed by atoms with Crippen LogP contribution in [0.3, 0.4) is 0 Å². The van der Waals surface area contributed by atoms with Gasteiger partial charge in [-0.15, -0.1) is 0 Å². The summed E-state index contributed by atoms with van der Waals surface area (Å²) in [6.07, 6.45) is 0.0261. The molecule has 0 radical (unpaired) electrons. The van der Waals surface area contributed by atoms with Crippen molar-refractivity contribution in [1.29, 1.82) is 0 Å². The molecule has 0 spiro atoms. The van der Waals surface area contributed by atoms with Gasteiger partial charge in [-0.05, 0) is 37.3 Å². The molecule has 0 aromatic heterocycles. The third-order valence-corrected chi connectivity index (χ3v) is 4.99. The van der Waals surface area contributed by atoms with Gasteiger partial charge < -0.3 is 10.6 Å². The lowest BCUT2D eigenvalue weighted by Crippen LogP contribution is -2.41. The standard InChI is InChI=1S/C18H15ClFN3O2S/c1-10-2-4-11(5-3-10)22-18-23-16(24)9-15(26-18)17(25)21-12-6-7-14(20)13(19)8-12/h2-8,15H,9H2,1H3,(H,21,25)(H,22,23,24)/t15-/m1/s1. The highest BCUT2D eigenvalue weighted by atomic mass is 35.5. The SMILES string of the molecule is Cc1ccc(N=C2NC(=O)C[C@H](C(=O)Nc3ccc(F)c(Cl)c3)S2)cc1. The lowest BCUT2D eigenvalue weighted by Gasteiger charge is -2.22. The van der Waals surface area contributed by atoms with Gasteiger partial charge >= 0.3 is 0 Å². The first-order chi connectivity index (χ1) is 12.4. The second-order valence-electron chi connectivity index (χ2n) is 5.73. The molecule has 1 aliphatic heterocycles. The van der Waals surface area contributed by atoms with Crippen molar-refractivity contribution in [2.75, 3.05) is 5.32 Å². The Morgan fingerprint density at radius 2 is 2.04 bits per heavy atom. The molecule has 5 nitrogen and oxygen atoms in total. The molecular weight excluding hydrogens is 377 g/mol. The van der Waals surface area contributed by atoms with Crippen molar-refractivity contribution in [3.8, 4) is 0 Å². The van der Waals surface area contributed by atoms with E-state index in [4.69, 9.17) is 11.6 Å². The number of aliphatic imine (C=N–C) groups is 1. The van der Waals surface area contributed by atoms with Crippen LogP contribution in [0.5, 0.6) is 0 Å². The van der Waals surface area contributed by atoms with Crippen LogP contribution < -0.4 is 10.6 Å². The first-order valence-corrected chi connectivity index (χ1v) is 9.04. The van der Waals surface area contributed by atoms with Crippen LogP contribution in [0.15, 0.2) is 47.5 Å². The fraction of sp³-hybridized carbons (Fsp3) is 0.167. The van der Waals surface area contributed by atoms with Gasteiger partial charge in [0.15, 0.2) is 5.17 Å². The smallest absolute Gasteiger partial charge is 0.238 e. The molecule has 2 N–H and O–H groups in total. The van der Waals surface area contributed by atoms with Crippen LogP contribution in [-0.4, -0.2) is 22.2 Å². The van der Waals surface area contributed by atoms with Gasteiger partial charge in [-0.25, -0.2) is 9.38 Å². The van der Waals surface area contributed by atoms with E-state index in [9.17, 15) is 14.0 Å². The third-order valence-electron chi connectivity index (χ3n) is 3.62. The highest BCUT2D eigenvalue weighted by Gasteiger charge is 2.30. The number of nitrogens with zero attached hydrogens (tertiary/aromatic N) is 1. The lowest BCUT2D eigenvalue weighted by molar-refractivity contribution is -0.123. The van der Waals surface area contributed by atoms with Gasteiger partial charge in [0.05, 0.1) is 10.7 Å². The topological polar surface area (TPSA) is 70.6 Å². The molecule has 8 heteroatoms. The molecule has 2 aromatic carbocycles. The van der Waals surface area contributed by atoms with Gasteiger partial charge in [0.1, 0.15) is 11.1 Å². The van der Waals surface area contributed by atoms with Crippen LogP contribution >= 0.6 is 23.4 Å². The molecule has 134 valence electrons. The van der Waals surface area contributed by atoms with Crippen molar-refractivity contribution in [2.24, 2.45) is 4.99 Å². The number of carbonyl (C=O) groups is 2. The molecule has 0 aliphatic carbocycles. The van der Waals surface area contributed by atoms with Crippen LogP contribution in [0.4, 0.5) is 15.8 Å². The summed E-state index contributed by atoms with van der Waals surface area (Å²) >= 11 is 6.88. The number of nitrogens with one attached hydrogen (secondary N) is 2. The largest absolute Gasteiger partial charge is 0.325 e. The summed E-state index contributed by atoms with van der Waals surface area (Å²) in [5.41, 5.74) is 2.15. The molecule has 1 heterocycles. The highest BCUT2D eigenvalue weighted by Crippen LogP contribution is 2.26. The number of aryl methyl sites for hydroxylation is 1. The zero-order valence-electron chi connectivity index (χ0n) is 13.8. The maximum atomic E-state index is 13.2. The van der Waals surface area contributed by atoms with Crippen LogP contribution in [0.25, 0.3) is 0 Å². The Kier molecular flexibility index (Phi) is 5.58. The zero-order chi connectivity index (χ0) is 18.7. The Morgan fingerprint density at radius 3 is 2.73 bits per heavy atom. The summed E-state index contributed by atoms with van der Waals surface area (Å²) in [5.74, 6) is -1.22. The van der Waals surface area contributed by atoms with Gasteiger partial charge in [0.2, 0.25) is 11.8 Å². The van der Waals surface area contributed by atoms with E-state index in [-0.39, 0.29) is 23.3 Å². The number of halogens is 2. The maximum absolute atomic E-state index is 13.2. The Balaban J connectivity index is 1.72. The quantitative estimate of drug-likeness (QED) is 0.829. The second-order valence-corrected chi connectivity index (χ2v) is 7.33. The van der Waals surface area contributed by atoms with Crippen LogP contribution in [0, 0.1) is 12.7 Å². The van der Waals surface area contributed by atoms with Gasteiger partial charge in [-0.2, -0.15) is 0 Å². The van der Waals surface area contributed by atoms with Crippen LogP contribution in [-0.2, 0) is 9.59 Å². The highest BCUT2D eigenvalue weighted by molar-refractivity contribution is 8.15. The number of thioether (sulfide) groups is 1. The number of anilines is 1. The van der Waals surface area contributed by atoms with Gasteiger partial charge in [0.25, 0.3) is 0 Å². The molecule has 3 rings (SSSR count). The van der Waals surface area contributed by atoms with Gasteiger partial charge in [0, 0.05) is 12.1 Å². The summed E-state index contributed by atoms with van der Waals surface area (Å²) in [6.45, 7) is 1.97. The summed E-state index contributed by atoms with van der Waals surface area (Å²) in [4.78, 5) is 28.7. The first-order valence-electron chi connectivity index (χ1n) is 7.78. The first kappa shape index (κ1) is 18.4. The minimum Gasteiger partial charge on any atom is -0.325 e. The van der Waals surface area contributed by atoms with E-state index in [2.05, 4.69) is 15.6 Å². The Labute approximate surface area is 159 Å². The molecule has 2 amide bonds. The molecule has 1 atom stereocenters. The minimum absolute atomic E-state index is 0.0261. The van der Waals surface area contributed by atoms with E-state index >= 15 is 0 Å². The average molecular weight is 392 g/mol. The summed E-state index contributed by atoms with van der Waals surface area (Å²) in [7, 11) is 0. The Morgan fingerprint density at radius 1 is 1.31 bits per heavy atom. The normalized spacial score (nSPS) is 18.5. The predicted molar refractivity (Wildman–Crippen MR) is 102 cm³/mol. The second kappa shape index (κ2) is 7.88. The number of hydrogen-bond acceptors (Lipinski definition) is 4. The van der Waals surface area contributed by atoms with E-state index in [1.165, 1.54) is 30.0 Å². The van der Waals surface area contributed by atoms with Crippen molar-refractivity contribution >= 4 is 51.7 Å². The van der Waals surface area contributed by atoms with Crippen molar-refractivity contribution in [2.45, 2.75) is 18.6 Å². The Hall–Kier alpha value is -2.38. The number of hydrogen-bond donors (Lipinski definition) is 2. The van der Waals surface area contributed by atoms with E-state index in [1.807, 2.05) is 31.2 Å². The lowest BCUT2D eigenvalue weighted by atomic mass is 10.2. The minimum atomic E-state index is -0.642. The molecular formula is C18H15ClFN3O2S. The molecule has 1 fully saturated rings. The molecule has 2 aromatic rings. The monoisotopic (exact) mass is 391 g/mol. The van der Waals surface area contributed by atoms with Crippen LogP contribution in [0.2, 0.25) is 5.02 Å². The number of rotatable bonds is 3.